The number of likely N-dealkylation sites (tertiary alicyclic amines) is 1. The zero-order chi connectivity index (χ0) is 20.0. The van der Waals surface area contributed by atoms with Gasteiger partial charge in [0.15, 0.2) is 6.61 Å². The Balaban J connectivity index is 1.33. The van der Waals surface area contributed by atoms with Gasteiger partial charge in [-0.25, -0.2) is 9.18 Å². The maximum absolute atomic E-state index is 12.9. The molecule has 2 bridgehead atoms. The molecule has 3 amide bonds. The maximum Gasteiger partial charge on any atom is 0.329 e. The molecule has 2 saturated carbocycles. The van der Waals surface area contributed by atoms with Crippen LogP contribution in [0.15, 0.2) is 24.3 Å². The molecule has 0 spiro atoms. The van der Waals surface area contributed by atoms with Crippen LogP contribution in [0.2, 0.25) is 0 Å². The molecule has 8 heteroatoms. The molecule has 1 aliphatic heterocycles. The number of rotatable bonds is 5. The Morgan fingerprint density at radius 1 is 1.14 bits per heavy atom. The highest BCUT2D eigenvalue weighted by atomic mass is 19.1. The summed E-state index contributed by atoms with van der Waals surface area (Å²) in [7, 11) is 0. The average molecular weight is 388 g/mol. The summed E-state index contributed by atoms with van der Waals surface area (Å²) in [5.74, 6) is -2.54. The fourth-order valence-corrected chi connectivity index (χ4v) is 4.91. The molecular weight excluding hydrogens is 367 g/mol. The Kier molecular flexibility index (Phi) is 4.64. The van der Waals surface area contributed by atoms with Crippen molar-refractivity contribution >= 4 is 29.4 Å². The van der Waals surface area contributed by atoms with Gasteiger partial charge >= 0.3 is 5.97 Å². The lowest BCUT2D eigenvalue weighted by Crippen LogP contribution is -2.45. The fourth-order valence-electron chi connectivity index (χ4n) is 4.91. The van der Waals surface area contributed by atoms with Gasteiger partial charge in [-0.05, 0) is 62.3 Å². The number of hydrogen-bond donors (Lipinski definition) is 1. The molecule has 1 N–H and O–H groups in total. The number of imide groups is 1. The lowest BCUT2D eigenvalue weighted by molar-refractivity contribution is -0.159. The maximum atomic E-state index is 12.9. The minimum atomic E-state index is -1.07. The summed E-state index contributed by atoms with van der Waals surface area (Å²) < 4.78 is 17.9. The van der Waals surface area contributed by atoms with Gasteiger partial charge in [0.25, 0.3) is 5.91 Å². The lowest BCUT2D eigenvalue weighted by atomic mass is 9.81. The zero-order valence-electron chi connectivity index (χ0n) is 15.4. The highest BCUT2D eigenvalue weighted by Gasteiger charge is 2.62. The van der Waals surface area contributed by atoms with Crippen LogP contribution in [-0.2, 0) is 23.9 Å². The molecule has 148 valence electrons. The molecule has 3 fully saturated rings. The van der Waals surface area contributed by atoms with E-state index in [1.165, 1.54) is 31.2 Å². The van der Waals surface area contributed by atoms with Crippen molar-refractivity contribution in [1.29, 1.82) is 0 Å². The van der Waals surface area contributed by atoms with Gasteiger partial charge in [-0.1, -0.05) is 0 Å². The van der Waals surface area contributed by atoms with Crippen LogP contribution < -0.4 is 5.32 Å². The van der Waals surface area contributed by atoms with Crippen molar-refractivity contribution in [3.05, 3.63) is 30.1 Å². The van der Waals surface area contributed by atoms with Gasteiger partial charge in [0.1, 0.15) is 11.9 Å². The minimum Gasteiger partial charge on any atom is -0.454 e. The SMILES string of the molecule is C[C@H](C(=O)OCC(=O)Nc1ccc(F)cc1)N1C(=O)[C@@H]2[C@H]3CC[C@@H](C3)[C@H]2C1=O. The topological polar surface area (TPSA) is 92.8 Å². The van der Waals surface area contributed by atoms with Crippen molar-refractivity contribution in [2.45, 2.75) is 32.2 Å². The smallest absolute Gasteiger partial charge is 0.329 e. The van der Waals surface area contributed by atoms with Gasteiger partial charge in [-0.2, -0.15) is 0 Å². The summed E-state index contributed by atoms with van der Waals surface area (Å²) in [6, 6.07) is 4.08. The Morgan fingerprint density at radius 2 is 1.71 bits per heavy atom. The molecule has 1 aromatic carbocycles. The van der Waals surface area contributed by atoms with E-state index in [2.05, 4.69) is 5.32 Å². The summed E-state index contributed by atoms with van der Waals surface area (Å²) in [5.41, 5.74) is 0.365. The molecule has 5 atom stereocenters. The van der Waals surface area contributed by atoms with Crippen molar-refractivity contribution in [3.8, 4) is 0 Å². The van der Waals surface area contributed by atoms with E-state index in [4.69, 9.17) is 4.74 Å². The molecule has 3 aliphatic rings. The number of halogens is 1. The second kappa shape index (κ2) is 7.00. The Bertz CT molecular complexity index is 812. The van der Waals surface area contributed by atoms with Crippen LogP contribution in [-0.4, -0.2) is 41.2 Å². The number of carbonyl (C=O) groups excluding carboxylic acids is 4. The van der Waals surface area contributed by atoms with Gasteiger partial charge < -0.3 is 10.1 Å². The van der Waals surface area contributed by atoms with Gasteiger partial charge in [-0.3, -0.25) is 19.3 Å². The molecule has 28 heavy (non-hydrogen) atoms. The van der Waals surface area contributed by atoms with E-state index in [0.717, 1.165) is 24.2 Å². The predicted molar refractivity (Wildman–Crippen MR) is 95.1 cm³/mol. The van der Waals surface area contributed by atoms with Crippen molar-refractivity contribution in [2.24, 2.45) is 23.7 Å². The second-order valence-corrected chi connectivity index (χ2v) is 7.77. The first-order chi connectivity index (χ1) is 13.4. The van der Waals surface area contributed by atoms with Crippen molar-refractivity contribution < 1.29 is 28.3 Å². The molecule has 0 radical (unpaired) electrons. The number of benzene rings is 1. The van der Waals surface area contributed by atoms with Crippen molar-refractivity contribution in [2.75, 3.05) is 11.9 Å². The molecule has 7 nitrogen and oxygen atoms in total. The second-order valence-electron chi connectivity index (χ2n) is 7.77. The summed E-state index contributed by atoms with van der Waals surface area (Å²) in [5, 5.41) is 2.47. The summed E-state index contributed by atoms with van der Waals surface area (Å²) >= 11 is 0. The first kappa shape index (κ1) is 18.6. The van der Waals surface area contributed by atoms with Gasteiger partial charge in [0.05, 0.1) is 11.8 Å². The van der Waals surface area contributed by atoms with Crippen LogP contribution >= 0.6 is 0 Å². The van der Waals surface area contributed by atoms with Gasteiger partial charge in [0, 0.05) is 5.69 Å². The Labute approximate surface area is 161 Å². The molecule has 0 aromatic heterocycles. The normalized spacial score (nSPS) is 29.0. The van der Waals surface area contributed by atoms with Crippen LogP contribution in [0.5, 0.6) is 0 Å². The van der Waals surface area contributed by atoms with E-state index < -0.39 is 30.3 Å². The number of nitrogens with zero attached hydrogens (tertiary/aromatic N) is 1. The van der Waals surface area contributed by atoms with E-state index in [9.17, 15) is 23.6 Å². The van der Waals surface area contributed by atoms with Crippen LogP contribution in [0.1, 0.15) is 26.2 Å². The van der Waals surface area contributed by atoms with Crippen LogP contribution in [0.3, 0.4) is 0 Å². The number of esters is 1. The first-order valence-electron chi connectivity index (χ1n) is 9.45. The molecule has 0 unspecified atom stereocenters. The number of hydrogen-bond acceptors (Lipinski definition) is 5. The van der Waals surface area contributed by atoms with Crippen LogP contribution in [0.25, 0.3) is 0 Å². The van der Waals surface area contributed by atoms with Crippen LogP contribution in [0.4, 0.5) is 10.1 Å². The number of anilines is 1. The molecule has 4 rings (SSSR count). The number of nitrogens with one attached hydrogen (secondary N) is 1. The van der Waals surface area contributed by atoms with Crippen molar-refractivity contribution in [3.63, 3.8) is 0 Å². The standard InChI is InChI=1S/C20H21FN2O5/c1-10(20(27)28-9-15(24)22-14-6-4-13(21)5-7-14)23-18(25)16-11-2-3-12(8-11)17(16)19(23)26/h4-7,10-12,16-17H,2-3,8-9H2,1H3,(H,22,24)/t10-,11+,12+,16-,17-/m1/s1. The van der Waals surface area contributed by atoms with E-state index in [-0.39, 0.29) is 35.5 Å². The van der Waals surface area contributed by atoms with Crippen molar-refractivity contribution in [1.82, 2.24) is 4.90 Å². The first-order valence-corrected chi connectivity index (χ1v) is 9.45. The number of carbonyl (C=O) groups is 4. The molecular formula is C20H21FN2O5. The third-order valence-electron chi connectivity index (χ3n) is 6.16. The van der Waals surface area contributed by atoms with Gasteiger partial charge in [0.2, 0.25) is 11.8 Å². The Hall–Kier alpha value is -2.77. The predicted octanol–water partition coefficient (Wildman–Crippen LogP) is 1.73. The average Bonchev–Trinajstić information content (AvgIpc) is 3.35. The summed E-state index contributed by atoms with van der Waals surface area (Å²) in [6.07, 6.45) is 2.84. The van der Waals surface area contributed by atoms with Crippen LogP contribution in [0, 0.1) is 29.5 Å². The molecule has 2 aliphatic carbocycles. The summed E-state index contributed by atoms with van der Waals surface area (Å²) in [6.45, 7) is 0.883. The number of amides is 3. The summed E-state index contributed by atoms with van der Waals surface area (Å²) in [4.78, 5) is 50.7. The highest BCUT2D eigenvalue weighted by molar-refractivity contribution is 6.08. The third kappa shape index (κ3) is 3.06. The zero-order valence-corrected chi connectivity index (χ0v) is 15.4. The molecule has 1 aromatic rings. The fraction of sp³-hybridized carbons (Fsp3) is 0.500. The third-order valence-corrected chi connectivity index (χ3v) is 6.16. The molecule has 1 heterocycles. The van der Waals surface area contributed by atoms with E-state index in [0.29, 0.717) is 5.69 Å². The largest absolute Gasteiger partial charge is 0.454 e. The molecule has 1 saturated heterocycles. The number of fused-ring (bicyclic) bond motifs is 5. The van der Waals surface area contributed by atoms with E-state index in [1.807, 2.05) is 0 Å². The Morgan fingerprint density at radius 3 is 2.29 bits per heavy atom. The highest BCUT2D eigenvalue weighted by Crippen LogP contribution is 2.56. The number of ether oxygens (including phenoxy) is 1. The van der Waals surface area contributed by atoms with Gasteiger partial charge in [-0.15, -0.1) is 0 Å². The minimum absolute atomic E-state index is 0.237. The van der Waals surface area contributed by atoms with E-state index in [1.54, 1.807) is 0 Å². The lowest BCUT2D eigenvalue weighted by Gasteiger charge is -2.23. The quantitative estimate of drug-likeness (QED) is 0.613. The van der Waals surface area contributed by atoms with E-state index >= 15 is 0 Å². The monoisotopic (exact) mass is 388 g/mol.